The zero-order valence-corrected chi connectivity index (χ0v) is 11.5. The maximum atomic E-state index is 5.91. The van der Waals surface area contributed by atoms with Gasteiger partial charge in [0.05, 0.1) is 18.4 Å². The Labute approximate surface area is 112 Å². The zero-order chi connectivity index (χ0) is 13.8. The Morgan fingerprint density at radius 1 is 1.42 bits per heavy atom. The van der Waals surface area contributed by atoms with Crippen LogP contribution in [0, 0.1) is 5.92 Å². The van der Waals surface area contributed by atoms with Crippen LogP contribution in [0.4, 0.5) is 5.69 Å². The highest BCUT2D eigenvalue weighted by Crippen LogP contribution is 2.33. The van der Waals surface area contributed by atoms with E-state index in [0.29, 0.717) is 23.2 Å². The molecule has 1 atom stereocenters. The van der Waals surface area contributed by atoms with E-state index in [2.05, 4.69) is 29.4 Å². The molecule has 19 heavy (non-hydrogen) atoms. The lowest BCUT2D eigenvalue weighted by molar-refractivity contribution is 0.415. The molecule has 102 valence electrons. The highest BCUT2D eigenvalue weighted by molar-refractivity contribution is 5.73. The molecule has 0 aliphatic rings. The molecule has 6 heteroatoms. The number of benzene rings is 1. The normalized spacial score (nSPS) is 12.4. The van der Waals surface area contributed by atoms with Crippen LogP contribution in [0.15, 0.2) is 18.2 Å². The Bertz CT molecular complexity index is 552. The molecule has 0 radical (unpaired) electrons. The Morgan fingerprint density at radius 3 is 2.89 bits per heavy atom. The number of rotatable bonds is 5. The second-order valence-electron chi connectivity index (χ2n) is 4.63. The minimum Gasteiger partial charge on any atom is -0.494 e. The molecule has 1 unspecified atom stereocenters. The van der Waals surface area contributed by atoms with Crippen LogP contribution in [-0.2, 0) is 6.54 Å². The van der Waals surface area contributed by atoms with Crippen LogP contribution >= 0.6 is 0 Å². The van der Waals surface area contributed by atoms with Crippen molar-refractivity contribution in [1.82, 2.24) is 20.2 Å². The Hall–Kier alpha value is -2.11. The minimum absolute atomic E-state index is 0.509. The van der Waals surface area contributed by atoms with E-state index in [0.717, 1.165) is 18.5 Å². The predicted molar refractivity (Wildman–Crippen MR) is 73.7 cm³/mol. The van der Waals surface area contributed by atoms with E-state index in [1.807, 2.05) is 12.1 Å². The third kappa shape index (κ3) is 2.67. The maximum Gasteiger partial charge on any atom is 0.185 e. The highest BCUT2D eigenvalue weighted by Gasteiger charge is 2.16. The summed E-state index contributed by atoms with van der Waals surface area (Å²) < 4.78 is 7.15. The summed E-state index contributed by atoms with van der Waals surface area (Å²) in [5.41, 5.74) is 7.31. The lowest BCUT2D eigenvalue weighted by Gasteiger charge is -2.12. The van der Waals surface area contributed by atoms with Crippen LogP contribution in [0.2, 0.25) is 0 Å². The Balaban J connectivity index is 2.43. The van der Waals surface area contributed by atoms with Crippen LogP contribution in [-0.4, -0.2) is 27.3 Å². The molecule has 1 aromatic heterocycles. The molecule has 0 aliphatic carbocycles. The standard InChI is InChI=1S/C13H19N5O/c1-4-9(2)8-18-13(15-16-17-18)10-6-5-7-11(14)12(10)19-3/h5-7,9H,4,8,14H2,1-3H3. The molecule has 0 aliphatic heterocycles. The highest BCUT2D eigenvalue weighted by atomic mass is 16.5. The average molecular weight is 261 g/mol. The first-order valence-corrected chi connectivity index (χ1v) is 6.36. The second kappa shape index (κ2) is 5.69. The number of methoxy groups -OCH3 is 1. The van der Waals surface area contributed by atoms with E-state index in [1.54, 1.807) is 17.9 Å². The van der Waals surface area contributed by atoms with Crippen molar-refractivity contribution in [2.75, 3.05) is 12.8 Å². The first-order chi connectivity index (χ1) is 9.17. The number of hydrogen-bond donors (Lipinski definition) is 1. The fraction of sp³-hybridized carbons (Fsp3) is 0.462. The van der Waals surface area contributed by atoms with Crippen LogP contribution in [0.3, 0.4) is 0 Å². The SMILES string of the molecule is CCC(C)Cn1nnnc1-c1cccc(N)c1OC. The van der Waals surface area contributed by atoms with Crippen LogP contribution < -0.4 is 10.5 Å². The number of aromatic nitrogens is 4. The topological polar surface area (TPSA) is 78.9 Å². The Kier molecular flexibility index (Phi) is 3.99. The molecule has 2 rings (SSSR count). The van der Waals surface area contributed by atoms with Crippen molar-refractivity contribution in [3.8, 4) is 17.1 Å². The van der Waals surface area contributed by atoms with E-state index in [9.17, 15) is 0 Å². The maximum absolute atomic E-state index is 5.91. The summed E-state index contributed by atoms with van der Waals surface area (Å²) in [5, 5.41) is 11.9. The molecule has 0 saturated carbocycles. The van der Waals surface area contributed by atoms with Gasteiger partial charge in [-0.25, -0.2) is 4.68 Å². The van der Waals surface area contributed by atoms with Crippen molar-refractivity contribution in [3.05, 3.63) is 18.2 Å². The number of nitrogens with two attached hydrogens (primary N) is 1. The number of nitrogen functional groups attached to an aromatic ring is 1. The fourth-order valence-electron chi connectivity index (χ4n) is 1.90. The lowest BCUT2D eigenvalue weighted by atomic mass is 10.1. The van der Waals surface area contributed by atoms with Crippen molar-refractivity contribution in [1.29, 1.82) is 0 Å². The zero-order valence-electron chi connectivity index (χ0n) is 11.5. The number of nitrogens with zero attached hydrogens (tertiary/aromatic N) is 4. The molecule has 0 amide bonds. The summed E-state index contributed by atoms with van der Waals surface area (Å²) in [6.45, 7) is 5.09. The minimum atomic E-state index is 0.509. The van der Waals surface area contributed by atoms with Gasteiger partial charge in [0.25, 0.3) is 0 Å². The van der Waals surface area contributed by atoms with Crippen LogP contribution in [0.1, 0.15) is 20.3 Å². The van der Waals surface area contributed by atoms with Gasteiger partial charge in [0, 0.05) is 6.54 Å². The van der Waals surface area contributed by atoms with Crippen molar-refractivity contribution in [2.24, 2.45) is 5.92 Å². The van der Waals surface area contributed by atoms with E-state index in [1.165, 1.54) is 0 Å². The van der Waals surface area contributed by atoms with Gasteiger partial charge in [-0.15, -0.1) is 5.10 Å². The monoisotopic (exact) mass is 261 g/mol. The molecule has 0 fully saturated rings. The van der Waals surface area contributed by atoms with E-state index < -0.39 is 0 Å². The predicted octanol–water partition coefficient (Wildman–Crippen LogP) is 1.98. The third-order valence-corrected chi connectivity index (χ3v) is 3.20. The lowest BCUT2D eigenvalue weighted by Crippen LogP contribution is -2.10. The van der Waals surface area contributed by atoms with Gasteiger partial charge < -0.3 is 10.5 Å². The molecule has 6 nitrogen and oxygen atoms in total. The van der Waals surface area contributed by atoms with Gasteiger partial charge in [0.15, 0.2) is 11.6 Å². The van der Waals surface area contributed by atoms with Gasteiger partial charge in [0.2, 0.25) is 0 Å². The smallest absolute Gasteiger partial charge is 0.185 e. The number of hydrogen-bond acceptors (Lipinski definition) is 5. The summed E-state index contributed by atoms with van der Waals surface area (Å²) in [4.78, 5) is 0. The van der Waals surface area contributed by atoms with Gasteiger partial charge >= 0.3 is 0 Å². The molecule has 0 saturated heterocycles. The second-order valence-corrected chi connectivity index (χ2v) is 4.63. The molecule has 2 aromatic rings. The average Bonchev–Trinajstić information content (AvgIpc) is 2.86. The number of ether oxygens (including phenoxy) is 1. The molecular formula is C13H19N5O. The molecule has 0 spiro atoms. The largest absolute Gasteiger partial charge is 0.494 e. The fourth-order valence-corrected chi connectivity index (χ4v) is 1.90. The Morgan fingerprint density at radius 2 is 2.21 bits per heavy atom. The number of tetrazole rings is 1. The summed E-state index contributed by atoms with van der Waals surface area (Å²) in [7, 11) is 1.60. The van der Waals surface area contributed by atoms with E-state index in [-0.39, 0.29) is 0 Å². The molecule has 1 aromatic carbocycles. The number of para-hydroxylation sites is 1. The molecule has 0 bridgehead atoms. The molecule has 2 N–H and O–H groups in total. The summed E-state index contributed by atoms with van der Waals surface area (Å²) in [5.74, 6) is 1.81. The van der Waals surface area contributed by atoms with E-state index >= 15 is 0 Å². The van der Waals surface area contributed by atoms with Gasteiger partial charge in [-0.3, -0.25) is 0 Å². The summed E-state index contributed by atoms with van der Waals surface area (Å²) >= 11 is 0. The van der Waals surface area contributed by atoms with Gasteiger partial charge in [-0.1, -0.05) is 26.3 Å². The van der Waals surface area contributed by atoms with Crippen molar-refractivity contribution in [3.63, 3.8) is 0 Å². The van der Waals surface area contributed by atoms with Crippen molar-refractivity contribution < 1.29 is 4.74 Å². The molecule has 1 heterocycles. The molecular weight excluding hydrogens is 242 g/mol. The third-order valence-electron chi connectivity index (χ3n) is 3.20. The van der Waals surface area contributed by atoms with Crippen LogP contribution in [0.25, 0.3) is 11.4 Å². The van der Waals surface area contributed by atoms with Crippen molar-refractivity contribution >= 4 is 5.69 Å². The summed E-state index contributed by atoms with van der Waals surface area (Å²) in [6, 6.07) is 5.58. The van der Waals surface area contributed by atoms with Crippen molar-refractivity contribution in [2.45, 2.75) is 26.8 Å². The van der Waals surface area contributed by atoms with E-state index in [4.69, 9.17) is 10.5 Å². The van der Waals surface area contributed by atoms with Gasteiger partial charge in [-0.05, 0) is 28.5 Å². The van der Waals surface area contributed by atoms with Crippen LogP contribution in [0.5, 0.6) is 5.75 Å². The first-order valence-electron chi connectivity index (χ1n) is 6.36. The summed E-state index contributed by atoms with van der Waals surface area (Å²) in [6.07, 6.45) is 1.08. The quantitative estimate of drug-likeness (QED) is 0.832. The first kappa shape index (κ1) is 13.3. The van der Waals surface area contributed by atoms with Gasteiger partial charge in [0.1, 0.15) is 0 Å². The number of anilines is 1. The van der Waals surface area contributed by atoms with Gasteiger partial charge in [-0.2, -0.15) is 0 Å².